The Morgan fingerprint density at radius 1 is 1.33 bits per heavy atom. The maximum Gasteiger partial charge on any atom is 0.179 e. The number of amidine groups is 1. The highest BCUT2D eigenvalue weighted by molar-refractivity contribution is 7.91. The van der Waals surface area contributed by atoms with Crippen LogP contribution in [0.2, 0.25) is 0 Å². The van der Waals surface area contributed by atoms with Crippen LogP contribution < -0.4 is 5.73 Å². The monoisotopic (exact) mass is 311 g/mol. The number of benzene rings is 1. The third-order valence-electron chi connectivity index (χ3n) is 3.39. The molecule has 1 aromatic rings. The first-order valence-electron chi connectivity index (χ1n) is 7.19. The summed E-state index contributed by atoms with van der Waals surface area (Å²) in [6, 6.07) is 6.61. The van der Waals surface area contributed by atoms with Gasteiger partial charge in [-0.2, -0.15) is 0 Å². The van der Waals surface area contributed by atoms with E-state index in [4.69, 9.17) is 11.1 Å². The van der Waals surface area contributed by atoms with Crippen LogP contribution in [0.25, 0.3) is 0 Å². The molecule has 0 bridgehead atoms. The molecule has 0 saturated heterocycles. The predicted octanol–water partition coefficient (Wildman–Crippen LogP) is 1.86. The molecule has 0 amide bonds. The van der Waals surface area contributed by atoms with E-state index in [-0.39, 0.29) is 16.5 Å². The molecule has 21 heavy (non-hydrogen) atoms. The van der Waals surface area contributed by atoms with Crippen molar-refractivity contribution in [3.63, 3.8) is 0 Å². The van der Waals surface area contributed by atoms with E-state index in [1.54, 1.807) is 18.2 Å². The molecule has 0 aromatic heterocycles. The summed E-state index contributed by atoms with van der Waals surface area (Å²) in [6.07, 6.45) is 0.998. The molecule has 0 radical (unpaired) electrons. The Kier molecular flexibility index (Phi) is 6.36. The van der Waals surface area contributed by atoms with Gasteiger partial charge in [0.05, 0.1) is 10.6 Å². The summed E-state index contributed by atoms with van der Waals surface area (Å²) in [6.45, 7) is 7.62. The average molecular weight is 311 g/mol. The van der Waals surface area contributed by atoms with Gasteiger partial charge in [-0.25, -0.2) is 8.42 Å². The van der Waals surface area contributed by atoms with Crippen LogP contribution in [0.4, 0.5) is 0 Å². The number of rotatable bonds is 8. The molecule has 0 fully saturated rings. The normalized spacial score (nSPS) is 12.0. The van der Waals surface area contributed by atoms with E-state index in [9.17, 15) is 8.42 Å². The van der Waals surface area contributed by atoms with Crippen molar-refractivity contribution in [3.05, 3.63) is 29.8 Å². The van der Waals surface area contributed by atoms with Crippen LogP contribution in [0.5, 0.6) is 0 Å². The molecule has 118 valence electrons. The Morgan fingerprint density at radius 3 is 2.52 bits per heavy atom. The maximum atomic E-state index is 12.4. The lowest BCUT2D eigenvalue weighted by Crippen LogP contribution is -2.35. The van der Waals surface area contributed by atoms with Gasteiger partial charge in [0, 0.05) is 18.2 Å². The SMILES string of the molecule is CCCN(CCS(=O)(=O)c1cccc(C(=N)N)c1)C(C)C. The molecule has 5 nitrogen and oxygen atoms in total. The second-order valence-electron chi connectivity index (χ2n) is 5.39. The van der Waals surface area contributed by atoms with Gasteiger partial charge in [-0.3, -0.25) is 10.3 Å². The Morgan fingerprint density at radius 2 is 2.00 bits per heavy atom. The minimum absolute atomic E-state index is 0.0759. The fourth-order valence-electron chi connectivity index (χ4n) is 2.13. The number of sulfone groups is 1. The lowest BCUT2D eigenvalue weighted by molar-refractivity contribution is 0.235. The molecular weight excluding hydrogens is 286 g/mol. The third-order valence-corrected chi connectivity index (χ3v) is 5.08. The predicted molar refractivity (Wildman–Crippen MR) is 86.5 cm³/mol. The van der Waals surface area contributed by atoms with Crippen LogP contribution in [0, 0.1) is 5.41 Å². The Bertz CT molecular complexity index is 582. The lowest BCUT2D eigenvalue weighted by Gasteiger charge is -2.25. The first-order valence-corrected chi connectivity index (χ1v) is 8.84. The van der Waals surface area contributed by atoms with Crippen molar-refractivity contribution >= 4 is 15.7 Å². The standard InChI is InChI=1S/C15H25N3O2S/c1-4-8-18(12(2)3)9-10-21(19,20)14-7-5-6-13(11-14)15(16)17/h5-7,11-12H,4,8-10H2,1-3H3,(H3,16,17). The van der Waals surface area contributed by atoms with Gasteiger partial charge in [0.25, 0.3) is 0 Å². The number of hydrogen-bond donors (Lipinski definition) is 2. The molecule has 0 spiro atoms. The molecule has 0 heterocycles. The fraction of sp³-hybridized carbons (Fsp3) is 0.533. The van der Waals surface area contributed by atoms with Gasteiger partial charge in [-0.1, -0.05) is 19.1 Å². The summed E-state index contributed by atoms with van der Waals surface area (Å²) in [5.41, 5.74) is 5.84. The highest BCUT2D eigenvalue weighted by Crippen LogP contribution is 2.14. The molecule has 0 aliphatic heterocycles. The topological polar surface area (TPSA) is 87.2 Å². The maximum absolute atomic E-state index is 12.4. The molecule has 0 aliphatic carbocycles. The molecule has 1 rings (SSSR count). The zero-order valence-electron chi connectivity index (χ0n) is 13.0. The number of nitrogens with two attached hydrogens (primary N) is 1. The summed E-state index contributed by atoms with van der Waals surface area (Å²) in [5.74, 6) is -0.0474. The number of nitrogens with one attached hydrogen (secondary N) is 1. The van der Waals surface area contributed by atoms with Crippen LogP contribution in [0.1, 0.15) is 32.8 Å². The van der Waals surface area contributed by atoms with Gasteiger partial charge in [-0.05, 0) is 38.9 Å². The zero-order chi connectivity index (χ0) is 16.0. The third kappa shape index (κ3) is 5.13. The smallest absolute Gasteiger partial charge is 0.179 e. The minimum Gasteiger partial charge on any atom is -0.384 e. The van der Waals surface area contributed by atoms with E-state index in [1.165, 1.54) is 6.07 Å². The van der Waals surface area contributed by atoms with Crippen LogP contribution in [0.3, 0.4) is 0 Å². The van der Waals surface area contributed by atoms with Crippen molar-refractivity contribution in [2.75, 3.05) is 18.8 Å². The van der Waals surface area contributed by atoms with E-state index in [0.717, 1.165) is 13.0 Å². The van der Waals surface area contributed by atoms with Crippen molar-refractivity contribution < 1.29 is 8.42 Å². The van der Waals surface area contributed by atoms with Crippen LogP contribution in [-0.4, -0.2) is 44.0 Å². The van der Waals surface area contributed by atoms with Crippen molar-refractivity contribution in [1.82, 2.24) is 4.90 Å². The lowest BCUT2D eigenvalue weighted by atomic mass is 10.2. The summed E-state index contributed by atoms with van der Waals surface area (Å²) in [5, 5.41) is 7.39. The molecular formula is C15H25N3O2S. The van der Waals surface area contributed by atoms with Gasteiger partial charge >= 0.3 is 0 Å². The van der Waals surface area contributed by atoms with Gasteiger partial charge in [0.1, 0.15) is 5.84 Å². The first kappa shape index (κ1) is 17.7. The van der Waals surface area contributed by atoms with Gasteiger partial charge in [0.2, 0.25) is 0 Å². The van der Waals surface area contributed by atoms with E-state index < -0.39 is 9.84 Å². The average Bonchev–Trinajstić information content (AvgIpc) is 2.43. The minimum atomic E-state index is -3.36. The summed E-state index contributed by atoms with van der Waals surface area (Å²) in [7, 11) is -3.36. The Balaban J connectivity index is 2.86. The van der Waals surface area contributed by atoms with E-state index >= 15 is 0 Å². The molecule has 3 N–H and O–H groups in total. The highest BCUT2D eigenvalue weighted by atomic mass is 32.2. The fourth-order valence-corrected chi connectivity index (χ4v) is 3.43. The molecule has 0 saturated carbocycles. The largest absolute Gasteiger partial charge is 0.384 e. The summed E-state index contributed by atoms with van der Waals surface area (Å²) < 4.78 is 24.8. The van der Waals surface area contributed by atoms with E-state index in [1.807, 2.05) is 0 Å². The van der Waals surface area contributed by atoms with Gasteiger partial charge in [0.15, 0.2) is 9.84 Å². The second-order valence-corrected chi connectivity index (χ2v) is 7.50. The van der Waals surface area contributed by atoms with Crippen molar-refractivity contribution in [1.29, 1.82) is 5.41 Å². The summed E-state index contributed by atoms with van der Waals surface area (Å²) >= 11 is 0. The number of nitrogen functional groups attached to an aromatic ring is 1. The zero-order valence-corrected chi connectivity index (χ0v) is 13.8. The molecule has 0 atom stereocenters. The second kappa shape index (κ2) is 7.56. The van der Waals surface area contributed by atoms with Gasteiger partial charge in [-0.15, -0.1) is 0 Å². The highest BCUT2D eigenvalue weighted by Gasteiger charge is 2.18. The van der Waals surface area contributed by atoms with Crippen LogP contribution >= 0.6 is 0 Å². The van der Waals surface area contributed by atoms with Crippen molar-refractivity contribution in [2.45, 2.75) is 38.1 Å². The number of hydrogen-bond acceptors (Lipinski definition) is 4. The number of nitrogens with zero attached hydrogens (tertiary/aromatic N) is 1. The van der Waals surface area contributed by atoms with Crippen LogP contribution in [0.15, 0.2) is 29.2 Å². The molecule has 1 aromatic carbocycles. The quantitative estimate of drug-likeness (QED) is 0.567. The van der Waals surface area contributed by atoms with E-state index in [2.05, 4.69) is 25.7 Å². The Hall–Kier alpha value is -1.40. The summed E-state index contributed by atoms with van der Waals surface area (Å²) in [4.78, 5) is 2.39. The van der Waals surface area contributed by atoms with E-state index in [0.29, 0.717) is 18.2 Å². The van der Waals surface area contributed by atoms with Gasteiger partial charge < -0.3 is 5.73 Å². The van der Waals surface area contributed by atoms with Crippen molar-refractivity contribution in [2.24, 2.45) is 5.73 Å². The van der Waals surface area contributed by atoms with Crippen molar-refractivity contribution in [3.8, 4) is 0 Å². The first-order chi connectivity index (χ1) is 9.77. The molecule has 0 aliphatic rings. The van der Waals surface area contributed by atoms with Crippen LogP contribution in [-0.2, 0) is 9.84 Å². The molecule has 0 unspecified atom stereocenters. The Labute approximate surface area is 127 Å². The molecule has 6 heteroatoms.